The highest BCUT2D eigenvalue weighted by molar-refractivity contribution is 6.28. The van der Waals surface area contributed by atoms with Gasteiger partial charge in [-0.15, -0.1) is 0 Å². The second-order valence-corrected chi connectivity index (χ2v) is 6.27. The molecular formula is C16H25NO2. The molecule has 2 aliphatic rings. The van der Waals surface area contributed by atoms with Crippen LogP contribution in [-0.4, -0.2) is 18.6 Å². The van der Waals surface area contributed by atoms with E-state index in [4.69, 9.17) is 4.74 Å². The summed E-state index contributed by atoms with van der Waals surface area (Å²) in [7, 11) is 0. The minimum Gasteiger partial charge on any atom is -0.488 e. The molecule has 1 heterocycles. The number of nitrogens with zero attached hydrogens (tertiary/aromatic N) is 1. The minimum atomic E-state index is -0.0439. The van der Waals surface area contributed by atoms with Crippen LogP contribution in [0.4, 0.5) is 0 Å². The molecule has 0 N–H and O–H groups in total. The molecule has 3 heteroatoms. The zero-order valence-corrected chi connectivity index (χ0v) is 12.1. The molecule has 0 spiro atoms. The fraction of sp³-hybridized carbons (Fsp3) is 0.750. The van der Waals surface area contributed by atoms with Crippen LogP contribution in [-0.2, 0) is 9.53 Å². The van der Waals surface area contributed by atoms with Crippen molar-refractivity contribution in [1.29, 1.82) is 0 Å². The summed E-state index contributed by atoms with van der Waals surface area (Å²) in [6.07, 6.45) is 10.7. The Morgan fingerprint density at radius 3 is 2.95 bits per heavy atom. The molecule has 0 amide bonds. The van der Waals surface area contributed by atoms with E-state index in [1.165, 1.54) is 44.7 Å². The highest BCUT2D eigenvalue weighted by atomic mass is 16.5. The average molecular weight is 263 g/mol. The van der Waals surface area contributed by atoms with Crippen LogP contribution in [0, 0.1) is 17.8 Å². The Hall–Kier alpha value is -1.12. The summed E-state index contributed by atoms with van der Waals surface area (Å²) in [6, 6.07) is 0. The molecular weight excluding hydrogens is 238 g/mol. The number of rotatable bonds is 3. The van der Waals surface area contributed by atoms with Gasteiger partial charge in [0.25, 0.3) is 0 Å². The summed E-state index contributed by atoms with van der Waals surface area (Å²) in [4.78, 5) is 15.3. The smallest absolute Gasteiger partial charge is 0.211 e. The first-order valence-corrected chi connectivity index (χ1v) is 7.54. The van der Waals surface area contributed by atoms with Crippen molar-refractivity contribution in [2.45, 2.75) is 52.4 Å². The molecule has 2 rings (SSSR count). The number of carbonyl (C=O) groups is 1. The number of carbonyl (C=O) groups excluding carboxylic acids is 1. The van der Waals surface area contributed by atoms with E-state index in [0.29, 0.717) is 5.92 Å². The van der Waals surface area contributed by atoms with Crippen LogP contribution in [0.5, 0.6) is 0 Å². The summed E-state index contributed by atoms with van der Waals surface area (Å²) >= 11 is 0. The quantitative estimate of drug-likeness (QED) is 0.727. The average Bonchev–Trinajstić information content (AvgIpc) is 2.69. The fourth-order valence-electron chi connectivity index (χ4n) is 3.21. The third-order valence-electron chi connectivity index (χ3n) is 4.10. The van der Waals surface area contributed by atoms with E-state index < -0.39 is 0 Å². The molecule has 0 saturated heterocycles. The van der Waals surface area contributed by atoms with Gasteiger partial charge in [0.1, 0.15) is 5.76 Å². The number of aliphatic imine (C=N–C) groups is 1. The second-order valence-electron chi connectivity index (χ2n) is 6.27. The summed E-state index contributed by atoms with van der Waals surface area (Å²) in [5.74, 6) is 2.99. The molecule has 2 atom stereocenters. The van der Waals surface area contributed by atoms with E-state index >= 15 is 0 Å². The van der Waals surface area contributed by atoms with Crippen molar-refractivity contribution in [1.82, 2.24) is 0 Å². The van der Waals surface area contributed by atoms with Crippen LogP contribution < -0.4 is 0 Å². The van der Waals surface area contributed by atoms with E-state index in [0.717, 1.165) is 17.6 Å². The molecule has 1 saturated carbocycles. The van der Waals surface area contributed by atoms with Crippen molar-refractivity contribution in [3.05, 3.63) is 12.0 Å². The largest absolute Gasteiger partial charge is 0.488 e. The molecule has 2 unspecified atom stereocenters. The SMILES string of the molecule is CC(C)CC1CCCC(C2=CN=CC(=O)CO2)CC1. The first-order chi connectivity index (χ1) is 9.15. The van der Waals surface area contributed by atoms with Gasteiger partial charge in [0.05, 0.1) is 12.4 Å². The van der Waals surface area contributed by atoms with E-state index in [-0.39, 0.29) is 12.4 Å². The molecule has 1 aliphatic heterocycles. The van der Waals surface area contributed by atoms with Gasteiger partial charge < -0.3 is 4.74 Å². The van der Waals surface area contributed by atoms with E-state index in [2.05, 4.69) is 18.8 Å². The van der Waals surface area contributed by atoms with Gasteiger partial charge in [-0.2, -0.15) is 0 Å². The zero-order chi connectivity index (χ0) is 13.7. The number of hydrogen-bond acceptors (Lipinski definition) is 3. The Bertz CT molecular complexity index is 371. The highest BCUT2D eigenvalue weighted by Gasteiger charge is 2.24. The molecule has 3 nitrogen and oxygen atoms in total. The van der Waals surface area contributed by atoms with Gasteiger partial charge in [0.15, 0.2) is 6.61 Å². The Balaban J connectivity index is 1.90. The predicted molar refractivity (Wildman–Crippen MR) is 77.1 cm³/mol. The highest BCUT2D eigenvalue weighted by Crippen LogP contribution is 2.34. The molecule has 106 valence electrons. The Morgan fingerprint density at radius 1 is 1.32 bits per heavy atom. The topological polar surface area (TPSA) is 38.7 Å². The monoisotopic (exact) mass is 263 g/mol. The Kier molecular flexibility index (Phi) is 5.17. The molecule has 1 fully saturated rings. The molecule has 1 aliphatic carbocycles. The number of Topliss-reactive ketones (excluding diaryl/α,β-unsaturated/α-hetero) is 1. The maximum Gasteiger partial charge on any atom is 0.211 e. The van der Waals surface area contributed by atoms with Gasteiger partial charge >= 0.3 is 0 Å². The van der Waals surface area contributed by atoms with Crippen LogP contribution in [0.15, 0.2) is 17.0 Å². The molecule has 0 aromatic rings. The van der Waals surface area contributed by atoms with Crippen molar-refractivity contribution < 1.29 is 9.53 Å². The van der Waals surface area contributed by atoms with Crippen molar-refractivity contribution in [3.63, 3.8) is 0 Å². The zero-order valence-electron chi connectivity index (χ0n) is 12.1. The standard InChI is InChI=1S/C16H25NO2/c1-12(2)8-13-4-3-5-14(7-6-13)16-10-17-9-15(18)11-19-16/h9-10,12-14H,3-8,11H2,1-2H3. The summed E-state index contributed by atoms with van der Waals surface area (Å²) < 4.78 is 5.61. The summed E-state index contributed by atoms with van der Waals surface area (Å²) in [5, 5.41) is 0. The van der Waals surface area contributed by atoms with Crippen molar-refractivity contribution in [2.24, 2.45) is 22.7 Å². The lowest BCUT2D eigenvalue weighted by Gasteiger charge is -2.18. The van der Waals surface area contributed by atoms with Gasteiger partial charge in [0, 0.05) is 5.92 Å². The second kappa shape index (κ2) is 6.88. The number of allylic oxidation sites excluding steroid dienone is 1. The minimum absolute atomic E-state index is 0.0439. The van der Waals surface area contributed by atoms with Crippen LogP contribution in [0.3, 0.4) is 0 Å². The first kappa shape index (κ1) is 14.3. The number of ether oxygens (including phenoxy) is 1. The van der Waals surface area contributed by atoms with Crippen LogP contribution >= 0.6 is 0 Å². The van der Waals surface area contributed by atoms with Gasteiger partial charge in [-0.3, -0.25) is 9.79 Å². The van der Waals surface area contributed by atoms with E-state index in [9.17, 15) is 4.79 Å². The van der Waals surface area contributed by atoms with E-state index in [1.807, 2.05) is 0 Å². The molecule has 0 aromatic carbocycles. The first-order valence-electron chi connectivity index (χ1n) is 7.54. The van der Waals surface area contributed by atoms with Crippen LogP contribution in [0.1, 0.15) is 52.4 Å². The van der Waals surface area contributed by atoms with Gasteiger partial charge in [-0.25, -0.2) is 0 Å². The maximum absolute atomic E-state index is 11.2. The normalized spacial score (nSPS) is 28.6. The predicted octanol–water partition coefficient (Wildman–Crippen LogP) is 3.74. The third-order valence-corrected chi connectivity index (χ3v) is 4.10. The van der Waals surface area contributed by atoms with Crippen molar-refractivity contribution >= 4 is 12.0 Å². The summed E-state index contributed by atoms with van der Waals surface area (Å²) in [6.45, 7) is 4.76. The fourth-order valence-corrected chi connectivity index (χ4v) is 3.21. The van der Waals surface area contributed by atoms with Crippen LogP contribution in [0.25, 0.3) is 0 Å². The molecule has 0 aromatic heterocycles. The van der Waals surface area contributed by atoms with Crippen molar-refractivity contribution in [2.75, 3.05) is 6.61 Å². The third kappa shape index (κ3) is 4.48. The van der Waals surface area contributed by atoms with Gasteiger partial charge in [-0.1, -0.05) is 26.7 Å². The molecule has 19 heavy (non-hydrogen) atoms. The summed E-state index contributed by atoms with van der Waals surface area (Å²) in [5.41, 5.74) is 0. The van der Waals surface area contributed by atoms with Crippen molar-refractivity contribution in [3.8, 4) is 0 Å². The van der Waals surface area contributed by atoms with Gasteiger partial charge in [-0.05, 0) is 37.5 Å². The van der Waals surface area contributed by atoms with Crippen LogP contribution in [0.2, 0.25) is 0 Å². The lowest BCUT2D eigenvalue weighted by Crippen LogP contribution is -2.12. The number of hydrogen-bond donors (Lipinski definition) is 0. The molecule has 0 bridgehead atoms. The molecule has 0 radical (unpaired) electrons. The number of ketones is 1. The Morgan fingerprint density at radius 2 is 2.16 bits per heavy atom. The lowest BCUT2D eigenvalue weighted by atomic mass is 9.90. The Labute approximate surface area is 116 Å². The maximum atomic E-state index is 11.2. The lowest BCUT2D eigenvalue weighted by molar-refractivity contribution is -0.115. The van der Waals surface area contributed by atoms with E-state index in [1.54, 1.807) is 6.20 Å². The van der Waals surface area contributed by atoms with Gasteiger partial charge in [0.2, 0.25) is 5.78 Å².